The number of aromatic nitrogens is 2. The molecule has 0 aliphatic rings. The average Bonchev–Trinajstić information content (AvgIpc) is 2.78. The van der Waals surface area contributed by atoms with E-state index in [0.29, 0.717) is 5.82 Å². The van der Waals surface area contributed by atoms with Crippen molar-refractivity contribution in [1.29, 1.82) is 0 Å². The van der Waals surface area contributed by atoms with E-state index in [1.807, 2.05) is 24.3 Å². The minimum absolute atomic E-state index is 0.186. The van der Waals surface area contributed by atoms with Crippen molar-refractivity contribution in [2.45, 2.75) is 12.5 Å². The van der Waals surface area contributed by atoms with Crippen LogP contribution in [-0.4, -0.2) is 27.1 Å². The summed E-state index contributed by atoms with van der Waals surface area (Å²) >= 11 is 3.36. The van der Waals surface area contributed by atoms with Crippen LogP contribution in [0, 0.1) is 0 Å². The lowest BCUT2D eigenvalue weighted by atomic mass is 10.2. The van der Waals surface area contributed by atoms with E-state index in [4.69, 9.17) is 10.8 Å². The number of carboxylic acids is 1. The van der Waals surface area contributed by atoms with Gasteiger partial charge in [-0.2, -0.15) is 0 Å². The van der Waals surface area contributed by atoms with E-state index < -0.39 is 12.0 Å². The predicted octanol–water partition coefficient (Wildman–Crippen LogP) is 1.79. The highest BCUT2D eigenvalue weighted by Gasteiger charge is 2.14. The number of carbonyl (C=O) groups is 1. The van der Waals surface area contributed by atoms with Crippen LogP contribution in [0.5, 0.6) is 0 Å². The Kier molecular flexibility index (Phi) is 3.78. The van der Waals surface area contributed by atoms with Crippen LogP contribution in [0.3, 0.4) is 0 Å². The molecular formula is C12H12BrN3O2. The number of aliphatic carboxylic acids is 1. The molecule has 2 aromatic rings. The molecule has 1 aromatic heterocycles. The summed E-state index contributed by atoms with van der Waals surface area (Å²) < 4.78 is 0.999. The van der Waals surface area contributed by atoms with Crippen molar-refractivity contribution >= 4 is 21.9 Å². The number of aromatic amines is 1. The summed E-state index contributed by atoms with van der Waals surface area (Å²) in [5.74, 6) is -0.459. The first-order chi connectivity index (χ1) is 8.56. The summed E-state index contributed by atoms with van der Waals surface area (Å²) in [4.78, 5) is 17.8. The van der Waals surface area contributed by atoms with Gasteiger partial charge in [-0.25, -0.2) is 4.98 Å². The third-order valence-electron chi connectivity index (χ3n) is 2.51. The second-order valence-corrected chi connectivity index (χ2v) is 4.81. The number of carboxylic acid groups (broad SMARTS) is 1. The predicted molar refractivity (Wildman–Crippen MR) is 71.0 cm³/mol. The molecule has 6 heteroatoms. The zero-order valence-corrected chi connectivity index (χ0v) is 11.0. The van der Waals surface area contributed by atoms with Gasteiger partial charge in [0, 0.05) is 10.9 Å². The van der Waals surface area contributed by atoms with E-state index in [1.165, 1.54) is 0 Å². The zero-order valence-electron chi connectivity index (χ0n) is 9.43. The van der Waals surface area contributed by atoms with Crippen molar-refractivity contribution in [2.24, 2.45) is 5.73 Å². The number of hydrogen-bond acceptors (Lipinski definition) is 3. The van der Waals surface area contributed by atoms with Crippen molar-refractivity contribution in [2.75, 3.05) is 0 Å². The van der Waals surface area contributed by atoms with Gasteiger partial charge in [0.05, 0.1) is 11.9 Å². The largest absolute Gasteiger partial charge is 0.480 e. The molecule has 0 aliphatic carbocycles. The van der Waals surface area contributed by atoms with Crippen LogP contribution in [0.2, 0.25) is 0 Å². The average molecular weight is 310 g/mol. The number of rotatable bonds is 4. The first-order valence-electron chi connectivity index (χ1n) is 5.34. The van der Waals surface area contributed by atoms with Crippen molar-refractivity contribution in [3.8, 4) is 11.3 Å². The van der Waals surface area contributed by atoms with Crippen molar-refractivity contribution in [3.05, 3.63) is 40.8 Å². The number of nitrogens with two attached hydrogens (primary N) is 1. The molecule has 0 radical (unpaired) electrons. The minimum Gasteiger partial charge on any atom is -0.480 e. The van der Waals surface area contributed by atoms with Gasteiger partial charge in [-0.05, 0) is 17.7 Å². The molecule has 0 spiro atoms. The number of halogens is 1. The third kappa shape index (κ3) is 2.96. The molecule has 1 atom stereocenters. The lowest BCUT2D eigenvalue weighted by Crippen LogP contribution is -2.32. The van der Waals surface area contributed by atoms with E-state index in [0.717, 1.165) is 15.7 Å². The smallest absolute Gasteiger partial charge is 0.320 e. The maximum absolute atomic E-state index is 10.6. The lowest BCUT2D eigenvalue weighted by Gasteiger charge is -2.02. The molecule has 4 N–H and O–H groups in total. The molecule has 94 valence electrons. The number of nitrogens with one attached hydrogen (secondary N) is 1. The van der Waals surface area contributed by atoms with Gasteiger partial charge in [0.25, 0.3) is 0 Å². The molecule has 0 fully saturated rings. The highest BCUT2D eigenvalue weighted by molar-refractivity contribution is 9.10. The van der Waals surface area contributed by atoms with Crippen molar-refractivity contribution in [3.63, 3.8) is 0 Å². The number of nitrogens with zero attached hydrogens (tertiary/aromatic N) is 1. The fraction of sp³-hybridized carbons (Fsp3) is 0.167. The Morgan fingerprint density at radius 2 is 2.11 bits per heavy atom. The van der Waals surface area contributed by atoms with Crippen molar-refractivity contribution in [1.82, 2.24) is 9.97 Å². The summed E-state index contributed by atoms with van der Waals surface area (Å²) in [6.45, 7) is 0. The van der Waals surface area contributed by atoms with E-state index in [1.54, 1.807) is 6.20 Å². The summed E-state index contributed by atoms with van der Waals surface area (Å²) in [5.41, 5.74) is 7.28. The second-order valence-electron chi connectivity index (χ2n) is 3.90. The molecule has 0 aliphatic heterocycles. The SMILES string of the molecule is NC(Cc1ncc(-c2ccc(Br)cc2)[nH]1)C(=O)O. The Hall–Kier alpha value is -1.66. The molecule has 1 unspecified atom stereocenters. The first kappa shape index (κ1) is 12.8. The summed E-state index contributed by atoms with van der Waals surface area (Å²) in [6, 6.07) is 6.81. The molecule has 0 bridgehead atoms. The van der Waals surface area contributed by atoms with Gasteiger partial charge < -0.3 is 15.8 Å². The highest BCUT2D eigenvalue weighted by Crippen LogP contribution is 2.20. The number of benzene rings is 1. The monoisotopic (exact) mass is 309 g/mol. The molecule has 1 heterocycles. The second kappa shape index (κ2) is 5.32. The maximum Gasteiger partial charge on any atom is 0.320 e. The standard InChI is InChI=1S/C12H12BrN3O2/c13-8-3-1-7(2-4-8)10-6-15-11(16-10)5-9(14)12(17)18/h1-4,6,9H,5,14H2,(H,15,16)(H,17,18). The zero-order chi connectivity index (χ0) is 13.1. The van der Waals surface area contributed by atoms with E-state index >= 15 is 0 Å². The highest BCUT2D eigenvalue weighted by atomic mass is 79.9. The van der Waals surface area contributed by atoms with Gasteiger partial charge >= 0.3 is 5.97 Å². The van der Waals surface area contributed by atoms with Crippen LogP contribution in [0.1, 0.15) is 5.82 Å². The van der Waals surface area contributed by atoms with Gasteiger partial charge in [-0.3, -0.25) is 4.79 Å². The summed E-state index contributed by atoms with van der Waals surface area (Å²) in [5, 5.41) is 8.73. The first-order valence-corrected chi connectivity index (χ1v) is 6.14. The Bertz CT molecular complexity index is 551. The maximum atomic E-state index is 10.6. The lowest BCUT2D eigenvalue weighted by molar-refractivity contribution is -0.138. The van der Waals surface area contributed by atoms with Gasteiger partial charge in [0.2, 0.25) is 0 Å². The van der Waals surface area contributed by atoms with E-state index in [2.05, 4.69) is 25.9 Å². The Morgan fingerprint density at radius 1 is 1.44 bits per heavy atom. The van der Waals surface area contributed by atoms with Crippen LogP contribution in [0.4, 0.5) is 0 Å². The molecule has 0 amide bonds. The van der Waals surface area contributed by atoms with Crippen LogP contribution < -0.4 is 5.73 Å². The molecule has 1 aromatic carbocycles. The van der Waals surface area contributed by atoms with E-state index in [9.17, 15) is 4.79 Å². The Morgan fingerprint density at radius 3 is 2.72 bits per heavy atom. The van der Waals surface area contributed by atoms with Crippen molar-refractivity contribution < 1.29 is 9.90 Å². The van der Waals surface area contributed by atoms with Gasteiger partial charge in [0.1, 0.15) is 11.9 Å². The fourth-order valence-corrected chi connectivity index (χ4v) is 1.80. The molecule has 2 rings (SSSR count). The van der Waals surface area contributed by atoms with Crippen LogP contribution >= 0.6 is 15.9 Å². The molecule has 18 heavy (non-hydrogen) atoms. The number of imidazole rings is 1. The minimum atomic E-state index is -1.03. The fourth-order valence-electron chi connectivity index (χ4n) is 1.54. The Balaban J connectivity index is 2.15. The molecule has 0 saturated heterocycles. The topological polar surface area (TPSA) is 92.0 Å². The van der Waals surface area contributed by atoms with Gasteiger partial charge in [-0.15, -0.1) is 0 Å². The third-order valence-corrected chi connectivity index (χ3v) is 3.04. The van der Waals surface area contributed by atoms with Gasteiger partial charge in [0.15, 0.2) is 0 Å². The van der Waals surface area contributed by atoms with Crippen LogP contribution in [-0.2, 0) is 11.2 Å². The number of H-pyrrole nitrogens is 1. The molecule has 0 saturated carbocycles. The normalized spacial score (nSPS) is 12.3. The number of hydrogen-bond donors (Lipinski definition) is 3. The molecule has 5 nitrogen and oxygen atoms in total. The summed E-state index contributed by atoms with van der Waals surface area (Å²) in [6.07, 6.45) is 1.86. The molecular weight excluding hydrogens is 298 g/mol. The van der Waals surface area contributed by atoms with Crippen LogP contribution in [0.15, 0.2) is 34.9 Å². The van der Waals surface area contributed by atoms with E-state index in [-0.39, 0.29) is 6.42 Å². The van der Waals surface area contributed by atoms with Crippen LogP contribution in [0.25, 0.3) is 11.3 Å². The Labute approximate surface area is 112 Å². The van der Waals surface area contributed by atoms with Gasteiger partial charge in [-0.1, -0.05) is 28.1 Å². The summed E-state index contributed by atoms with van der Waals surface area (Å²) in [7, 11) is 0. The quantitative estimate of drug-likeness (QED) is 0.803.